The average Bonchev–Trinajstić information content (AvgIpc) is 2.83. The molecule has 192 valence electrons. The lowest BCUT2D eigenvalue weighted by Gasteiger charge is -2.28. The van der Waals surface area contributed by atoms with Crippen LogP contribution in [0.5, 0.6) is 0 Å². The third kappa shape index (κ3) is 6.34. The van der Waals surface area contributed by atoms with Gasteiger partial charge in [0.1, 0.15) is 23.0 Å². The van der Waals surface area contributed by atoms with Crippen molar-refractivity contribution in [2.24, 2.45) is 11.8 Å². The Morgan fingerprint density at radius 3 is 1.75 bits per heavy atom. The second kappa shape index (κ2) is 11.4. The molecular weight excluding hydrogens is 542 g/mol. The maximum atomic E-state index is 14.9. The second-order valence-electron chi connectivity index (χ2n) is 9.61. The maximum absolute atomic E-state index is 14.9. The third-order valence-electron chi connectivity index (χ3n) is 7.22. The molecule has 7 heteroatoms. The molecule has 0 unspecified atom stereocenters. The van der Waals surface area contributed by atoms with Crippen molar-refractivity contribution in [3.63, 3.8) is 0 Å². The molecule has 1 aliphatic carbocycles. The number of aryl methyl sites for hydroxylation is 1. The highest BCUT2D eigenvalue weighted by Gasteiger charge is 2.35. The molecular formula is C29H27BrF6. The molecule has 0 amide bonds. The molecule has 1 saturated carbocycles. The van der Waals surface area contributed by atoms with E-state index in [-0.39, 0.29) is 17.8 Å². The van der Waals surface area contributed by atoms with Gasteiger partial charge in [-0.05, 0) is 87.5 Å². The van der Waals surface area contributed by atoms with Gasteiger partial charge in [0.2, 0.25) is 0 Å². The molecule has 36 heavy (non-hydrogen) atoms. The zero-order chi connectivity index (χ0) is 25.9. The van der Waals surface area contributed by atoms with E-state index >= 15 is 0 Å². The van der Waals surface area contributed by atoms with Crippen molar-refractivity contribution in [1.82, 2.24) is 0 Å². The minimum atomic E-state index is -3.87. The van der Waals surface area contributed by atoms with Gasteiger partial charge in [0.25, 0.3) is 0 Å². The molecule has 0 saturated heterocycles. The van der Waals surface area contributed by atoms with Crippen LogP contribution >= 0.6 is 15.9 Å². The Morgan fingerprint density at radius 2 is 1.22 bits per heavy atom. The number of alkyl halides is 4. The van der Waals surface area contributed by atoms with Crippen molar-refractivity contribution in [2.75, 3.05) is 6.67 Å². The Kier molecular flexibility index (Phi) is 8.48. The van der Waals surface area contributed by atoms with E-state index < -0.39 is 27.8 Å². The first-order valence-electron chi connectivity index (χ1n) is 12.2. The van der Waals surface area contributed by atoms with Crippen molar-refractivity contribution in [1.29, 1.82) is 0 Å². The molecule has 0 aliphatic heterocycles. The molecule has 3 aromatic rings. The zero-order valence-corrected chi connectivity index (χ0v) is 21.2. The normalized spacial score (nSPS) is 18.4. The molecule has 0 radical (unpaired) electrons. The predicted molar refractivity (Wildman–Crippen MR) is 134 cm³/mol. The van der Waals surface area contributed by atoms with E-state index in [1.807, 2.05) is 40.2 Å². The van der Waals surface area contributed by atoms with E-state index in [1.165, 1.54) is 17.7 Å². The summed E-state index contributed by atoms with van der Waals surface area (Å²) in [7, 11) is 0. The number of hydrogen-bond acceptors (Lipinski definition) is 0. The van der Waals surface area contributed by atoms with Gasteiger partial charge in [-0.2, -0.15) is 8.78 Å². The topological polar surface area (TPSA) is 0 Å². The standard InChI is InChI=1S/C29H27BrF6/c30-29(35,36)28-26(33)16-23(17-27(28)34)24-12-11-22(15-25(24)32)21-9-7-19(8-10-21)2-1-18-3-5-20(6-4-18)13-14-31/h7-12,15-18,20H,1-6,13-14H2. The lowest BCUT2D eigenvalue weighted by Crippen LogP contribution is -2.15. The number of hydrogen-bond donors (Lipinski definition) is 0. The van der Waals surface area contributed by atoms with Crippen LogP contribution in [-0.4, -0.2) is 6.67 Å². The fraction of sp³-hybridized carbons (Fsp3) is 0.379. The van der Waals surface area contributed by atoms with E-state index in [9.17, 15) is 26.3 Å². The minimum absolute atomic E-state index is 0.0844. The number of rotatable bonds is 8. The van der Waals surface area contributed by atoms with Crippen molar-refractivity contribution in [3.8, 4) is 22.3 Å². The predicted octanol–water partition coefficient (Wildman–Crippen LogP) is 9.98. The van der Waals surface area contributed by atoms with E-state index in [1.54, 1.807) is 6.07 Å². The van der Waals surface area contributed by atoms with E-state index in [2.05, 4.69) is 0 Å². The van der Waals surface area contributed by atoms with Crippen LogP contribution in [0.25, 0.3) is 22.3 Å². The third-order valence-corrected chi connectivity index (χ3v) is 7.61. The number of benzene rings is 3. The summed E-state index contributed by atoms with van der Waals surface area (Å²) in [6, 6.07) is 13.5. The van der Waals surface area contributed by atoms with Gasteiger partial charge in [0, 0.05) is 5.56 Å². The van der Waals surface area contributed by atoms with Gasteiger partial charge in [-0.3, -0.25) is 4.39 Å². The second-order valence-corrected chi connectivity index (χ2v) is 10.6. The van der Waals surface area contributed by atoms with Gasteiger partial charge in [-0.25, -0.2) is 13.2 Å². The molecule has 4 rings (SSSR count). The summed E-state index contributed by atoms with van der Waals surface area (Å²) >= 11 is 1.96. The van der Waals surface area contributed by atoms with Gasteiger partial charge in [0.15, 0.2) is 0 Å². The summed E-state index contributed by atoms with van der Waals surface area (Å²) in [5, 5.41) is 0. The van der Waals surface area contributed by atoms with Crippen molar-refractivity contribution >= 4 is 15.9 Å². The summed E-state index contributed by atoms with van der Waals surface area (Å²) in [6.45, 7) is -0.225. The van der Waals surface area contributed by atoms with Crippen molar-refractivity contribution < 1.29 is 26.3 Å². The summed E-state index contributed by atoms with van der Waals surface area (Å²) in [5.41, 5.74) is 0.924. The fourth-order valence-electron chi connectivity index (χ4n) is 5.13. The Bertz CT molecular complexity index is 1150. The molecule has 0 atom stereocenters. The van der Waals surface area contributed by atoms with Crippen LogP contribution in [0.15, 0.2) is 54.6 Å². The number of halogens is 7. The Morgan fingerprint density at radius 1 is 0.694 bits per heavy atom. The van der Waals surface area contributed by atoms with E-state index in [4.69, 9.17) is 0 Å². The lowest BCUT2D eigenvalue weighted by molar-refractivity contribution is 0.105. The zero-order valence-electron chi connectivity index (χ0n) is 19.7. The molecule has 3 aromatic carbocycles. The highest BCUT2D eigenvalue weighted by Crippen LogP contribution is 2.40. The molecule has 0 nitrogen and oxygen atoms in total. The van der Waals surface area contributed by atoms with Crippen LogP contribution in [0.1, 0.15) is 49.7 Å². The average molecular weight is 569 g/mol. The van der Waals surface area contributed by atoms with E-state index in [0.29, 0.717) is 36.0 Å². The van der Waals surface area contributed by atoms with Crippen molar-refractivity contribution in [2.45, 2.75) is 49.8 Å². The first kappa shape index (κ1) is 26.8. The molecule has 0 bridgehead atoms. The first-order chi connectivity index (χ1) is 17.2. The largest absolute Gasteiger partial charge is 0.332 e. The Balaban J connectivity index is 1.42. The molecule has 1 aliphatic rings. The lowest BCUT2D eigenvalue weighted by atomic mass is 9.78. The summed E-state index contributed by atoms with van der Waals surface area (Å²) in [6.07, 6.45) is 7.27. The van der Waals surface area contributed by atoms with Gasteiger partial charge >= 0.3 is 4.83 Å². The van der Waals surface area contributed by atoms with Crippen LogP contribution in [0, 0.1) is 29.3 Å². The van der Waals surface area contributed by atoms with Gasteiger partial charge in [-0.1, -0.05) is 62.1 Å². The minimum Gasteiger partial charge on any atom is -0.251 e. The highest BCUT2D eigenvalue weighted by atomic mass is 79.9. The summed E-state index contributed by atoms with van der Waals surface area (Å²) < 4.78 is 82.5. The maximum Gasteiger partial charge on any atom is 0.332 e. The molecule has 0 spiro atoms. The van der Waals surface area contributed by atoms with Crippen LogP contribution in [0.4, 0.5) is 26.3 Å². The van der Waals surface area contributed by atoms with Crippen LogP contribution in [0.2, 0.25) is 0 Å². The van der Waals surface area contributed by atoms with Gasteiger partial charge in [0.05, 0.1) is 6.67 Å². The first-order valence-corrected chi connectivity index (χ1v) is 13.0. The molecule has 0 aromatic heterocycles. The monoisotopic (exact) mass is 568 g/mol. The Hall–Kier alpha value is -2.28. The van der Waals surface area contributed by atoms with Gasteiger partial charge < -0.3 is 0 Å². The quantitative estimate of drug-likeness (QED) is 0.187. The van der Waals surface area contributed by atoms with Crippen LogP contribution in [0.3, 0.4) is 0 Å². The van der Waals surface area contributed by atoms with Gasteiger partial charge in [-0.15, -0.1) is 0 Å². The Labute approximate surface area is 215 Å². The molecule has 1 fully saturated rings. The summed E-state index contributed by atoms with van der Waals surface area (Å²) in [5.74, 6) is -2.42. The van der Waals surface area contributed by atoms with Crippen molar-refractivity contribution in [3.05, 3.63) is 83.2 Å². The van der Waals surface area contributed by atoms with Crippen LogP contribution in [-0.2, 0) is 11.3 Å². The molecule has 0 heterocycles. The van der Waals surface area contributed by atoms with Crippen LogP contribution < -0.4 is 0 Å². The highest BCUT2D eigenvalue weighted by molar-refractivity contribution is 9.09. The fourth-order valence-corrected chi connectivity index (χ4v) is 5.50. The van der Waals surface area contributed by atoms with E-state index in [0.717, 1.165) is 44.1 Å². The SMILES string of the molecule is FCCC1CCC(CCc2ccc(-c3ccc(-c4cc(F)c(C(F)(F)Br)c(F)c4)c(F)c3)cc2)CC1. The summed E-state index contributed by atoms with van der Waals surface area (Å²) in [4.78, 5) is -3.87. The molecule has 0 N–H and O–H groups in total. The smallest absolute Gasteiger partial charge is 0.251 e.